The summed E-state index contributed by atoms with van der Waals surface area (Å²) in [4.78, 5) is 2.40. The first-order valence-corrected chi connectivity index (χ1v) is 6.96. The van der Waals surface area contributed by atoms with E-state index in [1.54, 1.807) is 19.2 Å². The van der Waals surface area contributed by atoms with Gasteiger partial charge in [0.25, 0.3) is 0 Å². The van der Waals surface area contributed by atoms with Crippen molar-refractivity contribution in [3.8, 4) is 11.5 Å². The SMILES string of the molecule is COc1ccc(O)c(C(C)N2CCC(CN)CC2)c1. The number of hydrogen-bond acceptors (Lipinski definition) is 4. The van der Waals surface area contributed by atoms with Gasteiger partial charge in [-0.05, 0) is 63.5 Å². The number of nitrogens with zero attached hydrogens (tertiary/aromatic N) is 1. The number of benzene rings is 1. The van der Waals surface area contributed by atoms with Crippen LogP contribution in [-0.4, -0.2) is 36.8 Å². The van der Waals surface area contributed by atoms with Crippen LogP contribution in [0.1, 0.15) is 31.4 Å². The minimum atomic E-state index is 0.203. The molecule has 1 saturated heterocycles. The molecule has 1 aliphatic heterocycles. The Balaban J connectivity index is 2.09. The number of likely N-dealkylation sites (tertiary alicyclic amines) is 1. The van der Waals surface area contributed by atoms with Gasteiger partial charge in [0.1, 0.15) is 11.5 Å². The average molecular weight is 264 g/mol. The average Bonchev–Trinajstić information content (AvgIpc) is 2.47. The van der Waals surface area contributed by atoms with E-state index >= 15 is 0 Å². The maximum absolute atomic E-state index is 10.0. The summed E-state index contributed by atoms with van der Waals surface area (Å²) in [5, 5.41) is 10.0. The lowest BCUT2D eigenvalue weighted by molar-refractivity contribution is 0.142. The quantitative estimate of drug-likeness (QED) is 0.874. The molecule has 1 aromatic rings. The van der Waals surface area contributed by atoms with Crippen molar-refractivity contribution in [2.75, 3.05) is 26.7 Å². The number of nitrogens with two attached hydrogens (primary N) is 1. The Morgan fingerprint density at radius 3 is 2.68 bits per heavy atom. The molecule has 4 heteroatoms. The van der Waals surface area contributed by atoms with Gasteiger partial charge in [-0.1, -0.05) is 0 Å². The van der Waals surface area contributed by atoms with Crippen LogP contribution in [0.5, 0.6) is 11.5 Å². The number of phenols is 1. The highest BCUT2D eigenvalue weighted by molar-refractivity contribution is 5.41. The van der Waals surface area contributed by atoms with E-state index in [0.717, 1.165) is 43.8 Å². The van der Waals surface area contributed by atoms with Crippen LogP contribution in [-0.2, 0) is 0 Å². The second-order valence-electron chi connectivity index (χ2n) is 5.32. The highest BCUT2D eigenvalue weighted by Gasteiger charge is 2.24. The number of phenolic OH excluding ortho intramolecular Hbond substituents is 1. The van der Waals surface area contributed by atoms with Gasteiger partial charge in [0.05, 0.1) is 7.11 Å². The first kappa shape index (κ1) is 14.2. The summed E-state index contributed by atoms with van der Waals surface area (Å²) in [6, 6.07) is 5.62. The van der Waals surface area contributed by atoms with Gasteiger partial charge in [0.15, 0.2) is 0 Å². The van der Waals surface area contributed by atoms with E-state index in [9.17, 15) is 5.11 Å². The minimum Gasteiger partial charge on any atom is -0.508 e. The minimum absolute atomic E-state index is 0.203. The molecule has 106 valence electrons. The van der Waals surface area contributed by atoms with E-state index in [-0.39, 0.29) is 6.04 Å². The van der Waals surface area contributed by atoms with Crippen LogP contribution in [0.15, 0.2) is 18.2 Å². The summed E-state index contributed by atoms with van der Waals surface area (Å²) in [6.45, 7) is 5.00. The van der Waals surface area contributed by atoms with Gasteiger partial charge in [0.2, 0.25) is 0 Å². The molecule has 1 unspecified atom stereocenters. The topological polar surface area (TPSA) is 58.7 Å². The normalized spacial score (nSPS) is 19.3. The van der Waals surface area contributed by atoms with Crippen LogP contribution < -0.4 is 10.5 Å². The smallest absolute Gasteiger partial charge is 0.120 e. The predicted octanol–water partition coefficient (Wildman–Crippen LogP) is 2.13. The lowest BCUT2D eigenvalue weighted by Gasteiger charge is -2.36. The molecule has 0 amide bonds. The van der Waals surface area contributed by atoms with Crippen molar-refractivity contribution in [3.63, 3.8) is 0 Å². The summed E-state index contributed by atoms with van der Waals surface area (Å²) in [7, 11) is 1.65. The van der Waals surface area contributed by atoms with Crippen molar-refractivity contribution >= 4 is 0 Å². The van der Waals surface area contributed by atoms with Crippen molar-refractivity contribution in [1.82, 2.24) is 4.90 Å². The molecule has 0 aromatic heterocycles. The Morgan fingerprint density at radius 2 is 2.11 bits per heavy atom. The molecule has 1 atom stereocenters. The number of rotatable bonds is 4. The number of hydrogen-bond donors (Lipinski definition) is 2. The van der Waals surface area contributed by atoms with E-state index in [1.807, 2.05) is 6.07 Å². The van der Waals surface area contributed by atoms with Crippen molar-refractivity contribution in [3.05, 3.63) is 23.8 Å². The molecule has 1 heterocycles. The second kappa shape index (κ2) is 6.26. The Kier molecular flexibility index (Phi) is 4.66. The molecular formula is C15H24N2O2. The van der Waals surface area contributed by atoms with E-state index in [0.29, 0.717) is 11.7 Å². The van der Waals surface area contributed by atoms with E-state index < -0.39 is 0 Å². The van der Waals surface area contributed by atoms with Gasteiger partial charge < -0.3 is 15.6 Å². The highest BCUT2D eigenvalue weighted by atomic mass is 16.5. The zero-order valence-corrected chi connectivity index (χ0v) is 11.8. The van der Waals surface area contributed by atoms with Crippen LogP contribution in [0.4, 0.5) is 0 Å². The largest absolute Gasteiger partial charge is 0.508 e. The number of aromatic hydroxyl groups is 1. The zero-order valence-electron chi connectivity index (χ0n) is 11.8. The number of ether oxygens (including phenoxy) is 1. The Bertz CT molecular complexity index is 415. The van der Waals surface area contributed by atoms with Gasteiger partial charge in [-0.15, -0.1) is 0 Å². The standard InChI is InChI=1S/C15H24N2O2/c1-11(17-7-5-12(10-16)6-8-17)14-9-13(19-2)3-4-15(14)18/h3-4,9,11-12,18H,5-8,10,16H2,1-2H3. The van der Waals surface area contributed by atoms with Crippen LogP contribution in [0.2, 0.25) is 0 Å². The molecule has 1 aliphatic rings. The lowest BCUT2D eigenvalue weighted by Crippen LogP contribution is -2.37. The molecule has 0 aliphatic carbocycles. The second-order valence-corrected chi connectivity index (χ2v) is 5.32. The fourth-order valence-electron chi connectivity index (χ4n) is 2.77. The fraction of sp³-hybridized carbons (Fsp3) is 0.600. The molecule has 1 aromatic carbocycles. The molecule has 0 saturated carbocycles. The summed E-state index contributed by atoms with van der Waals surface area (Å²) < 4.78 is 5.24. The third-order valence-corrected chi connectivity index (χ3v) is 4.21. The van der Waals surface area contributed by atoms with Gasteiger partial charge in [-0.2, -0.15) is 0 Å². The van der Waals surface area contributed by atoms with E-state index in [2.05, 4.69) is 11.8 Å². The molecule has 1 fully saturated rings. The molecule has 0 spiro atoms. The van der Waals surface area contributed by atoms with E-state index in [4.69, 9.17) is 10.5 Å². The summed E-state index contributed by atoms with van der Waals surface area (Å²) >= 11 is 0. The maximum Gasteiger partial charge on any atom is 0.120 e. The van der Waals surface area contributed by atoms with Crippen molar-refractivity contribution in [2.45, 2.75) is 25.8 Å². The summed E-state index contributed by atoms with van der Waals surface area (Å²) in [5.74, 6) is 1.79. The first-order chi connectivity index (χ1) is 9.15. The van der Waals surface area contributed by atoms with Crippen LogP contribution in [0.3, 0.4) is 0 Å². The van der Waals surface area contributed by atoms with Gasteiger partial charge in [-0.25, -0.2) is 0 Å². The zero-order chi connectivity index (χ0) is 13.8. The molecule has 4 nitrogen and oxygen atoms in total. The molecule has 19 heavy (non-hydrogen) atoms. The monoisotopic (exact) mass is 264 g/mol. The Morgan fingerprint density at radius 1 is 1.42 bits per heavy atom. The first-order valence-electron chi connectivity index (χ1n) is 6.96. The summed E-state index contributed by atoms with van der Waals surface area (Å²) in [5.41, 5.74) is 6.66. The lowest BCUT2D eigenvalue weighted by atomic mass is 9.94. The molecule has 0 bridgehead atoms. The van der Waals surface area contributed by atoms with Gasteiger partial charge >= 0.3 is 0 Å². The fourth-order valence-corrected chi connectivity index (χ4v) is 2.77. The molecular weight excluding hydrogens is 240 g/mol. The Labute approximate surface area is 115 Å². The van der Waals surface area contributed by atoms with Crippen molar-refractivity contribution < 1.29 is 9.84 Å². The van der Waals surface area contributed by atoms with Crippen LogP contribution >= 0.6 is 0 Å². The molecule has 3 N–H and O–H groups in total. The van der Waals surface area contributed by atoms with Crippen LogP contribution in [0.25, 0.3) is 0 Å². The number of piperidine rings is 1. The molecule has 0 radical (unpaired) electrons. The van der Waals surface area contributed by atoms with Crippen molar-refractivity contribution in [2.24, 2.45) is 11.7 Å². The van der Waals surface area contributed by atoms with Crippen LogP contribution in [0, 0.1) is 5.92 Å². The molecule has 2 rings (SSSR count). The third-order valence-electron chi connectivity index (χ3n) is 4.21. The van der Waals surface area contributed by atoms with Gasteiger partial charge in [-0.3, -0.25) is 4.90 Å². The maximum atomic E-state index is 10.0. The summed E-state index contributed by atoms with van der Waals surface area (Å²) in [6.07, 6.45) is 2.29. The predicted molar refractivity (Wildman–Crippen MR) is 76.4 cm³/mol. The third kappa shape index (κ3) is 3.19. The van der Waals surface area contributed by atoms with Gasteiger partial charge in [0, 0.05) is 11.6 Å². The van der Waals surface area contributed by atoms with E-state index in [1.165, 1.54) is 0 Å². The van der Waals surface area contributed by atoms with Crippen molar-refractivity contribution in [1.29, 1.82) is 0 Å². The highest BCUT2D eigenvalue weighted by Crippen LogP contribution is 2.33. The number of methoxy groups -OCH3 is 1. The Hall–Kier alpha value is -1.26.